The number of hydrogen-bond donors (Lipinski definition) is 2. The van der Waals surface area contributed by atoms with Crippen LogP contribution in [0.5, 0.6) is 0 Å². The third-order valence-electron chi connectivity index (χ3n) is 13.3. The number of anilines is 3. The molecule has 2 aliphatic rings. The van der Waals surface area contributed by atoms with E-state index in [1.54, 1.807) is 0 Å². The van der Waals surface area contributed by atoms with Gasteiger partial charge in [-0.2, -0.15) is 0 Å². The predicted octanol–water partition coefficient (Wildman–Crippen LogP) is 15.5. The highest BCUT2D eigenvalue weighted by Crippen LogP contribution is 2.52. The van der Waals surface area contributed by atoms with Crippen molar-refractivity contribution in [2.45, 2.75) is 25.3 Å². The van der Waals surface area contributed by atoms with Crippen LogP contribution in [0.2, 0.25) is 0 Å². The first-order valence-electron chi connectivity index (χ1n) is 22.5. The highest BCUT2D eigenvalue weighted by atomic mass is 15.1. The zero-order chi connectivity index (χ0) is 43.9. The van der Waals surface area contributed by atoms with Crippen molar-refractivity contribution in [1.82, 2.24) is 5.32 Å². The Hall–Kier alpha value is -7.98. The summed E-state index contributed by atoms with van der Waals surface area (Å²) >= 11 is 0. The van der Waals surface area contributed by atoms with Gasteiger partial charge in [0.25, 0.3) is 0 Å². The summed E-state index contributed by atoms with van der Waals surface area (Å²) in [7, 11) is 0. The van der Waals surface area contributed by atoms with Gasteiger partial charge < -0.3 is 16.0 Å². The standard InChI is InChI=1S/C62H49N3/c1-62(2)55-33-19-17-31-51(55)52-38-37-48(41-56(52)62)65(58-34-20-18-32-53(58)50-30-16-15-29-49(50)42-21-7-3-8-22-42)47-36-35-46-39-57(43-23-9-4-10-24-43)64-61(54(46)40-47)59(44-25-11-5-12-26-44)60(63)45-27-13-6-14-28-45/h3-41,60,64H,63H2,1-2H3/b61-59-. The van der Waals surface area contributed by atoms with Crippen molar-refractivity contribution in [1.29, 1.82) is 0 Å². The molecule has 11 rings (SSSR count). The van der Waals surface area contributed by atoms with Crippen LogP contribution in [0.1, 0.15) is 58.8 Å². The maximum absolute atomic E-state index is 7.46. The molecule has 312 valence electrons. The van der Waals surface area contributed by atoms with E-state index in [2.05, 4.69) is 255 Å². The molecule has 0 spiro atoms. The van der Waals surface area contributed by atoms with Crippen LogP contribution < -0.4 is 16.0 Å². The fraction of sp³-hybridized carbons (Fsp3) is 0.0645. The van der Waals surface area contributed by atoms with E-state index >= 15 is 0 Å². The molecular formula is C62H49N3. The van der Waals surface area contributed by atoms with Gasteiger partial charge in [-0.25, -0.2) is 0 Å². The molecule has 3 nitrogen and oxygen atoms in total. The Kier molecular flexibility index (Phi) is 10.2. The molecule has 1 unspecified atom stereocenters. The number of nitrogens with zero attached hydrogens (tertiary/aromatic N) is 1. The molecule has 9 aromatic rings. The van der Waals surface area contributed by atoms with E-state index in [0.29, 0.717) is 0 Å². The van der Waals surface area contributed by atoms with Gasteiger partial charge in [-0.05, 0) is 97.6 Å². The van der Waals surface area contributed by atoms with Crippen LogP contribution in [0.3, 0.4) is 0 Å². The SMILES string of the molecule is CC1(C)c2ccccc2-c2ccc(N(c3ccc4c(c3)/C(=C(\c3ccccc3)C(N)c3ccccc3)NC(c3ccccc3)=C4)c3ccccc3-c3ccccc3-c3ccccc3)cc21. The fourth-order valence-electron chi connectivity index (χ4n) is 10.1. The Bertz CT molecular complexity index is 3260. The minimum absolute atomic E-state index is 0.181. The number of hydrogen-bond acceptors (Lipinski definition) is 3. The van der Waals surface area contributed by atoms with Gasteiger partial charge in [0, 0.05) is 39.2 Å². The van der Waals surface area contributed by atoms with E-state index in [4.69, 9.17) is 5.73 Å². The van der Waals surface area contributed by atoms with E-state index in [-0.39, 0.29) is 5.41 Å². The van der Waals surface area contributed by atoms with Gasteiger partial charge in [0.1, 0.15) is 0 Å². The molecule has 1 heterocycles. The van der Waals surface area contributed by atoms with Crippen molar-refractivity contribution in [3.8, 4) is 33.4 Å². The van der Waals surface area contributed by atoms with Crippen LogP contribution in [0.4, 0.5) is 17.1 Å². The summed E-state index contributed by atoms with van der Waals surface area (Å²) in [5, 5.41) is 3.98. The summed E-state index contributed by atoms with van der Waals surface area (Å²) in [6.45, 7) is 4.71. The van der Waals surface area contributed by atoms with Crippen molar-refractivity contribution < 1.29 is 0 Å². The summed E-state index contributed by atoms with van der Waals surface area (Å²) in [5.41, 5.74) is 28.9. The van der Waals surface area contributed by atoms with Crippen molar-refractivity contribution >= 4 is 40.1 Å². The van der Waals surface area contributed by atoms with Gasteiger partial charge in [0.2, 0.25) is 0 Å². The first-order chi connectivity index (χ1) is 31.9. The summed E-state index contributed by atoms with van der Waals surface area (Å²) in [5.74, 6) is 0. The summed E-state index contributed by atoms with van der Waals surface area (Å²) in [6.07, 6.45) is 2.28. The van der Waals surface area contributed by atoms with Crippen molar-refractivity contribution in [3.63, 3.8) is 0 Å². The number of nitrogens with two attached hydrogens (primary N) is 1. The van der Waals surface area contributed by atoms with Crippen molar-refractivity contribution in [3.05, 3.63) is 269 Å². The summed E-state index contributed by atoms with van der Waals surface area (Å²) in [4.78, 5) is 2.46. The van der Waals surface area contributed by atoms with Crippen LogP contribution in [-0.2, 0) is 5.41 Å². The predicted molar refractivity (Wildman–Crippen MR) is 274 cm³/mol. The average molecular weight is 836 g/mol. The molecule has 1 atom stereocenters. The van der Waals surface area contributed by atoms with E-state index in [1.807, 2.05) is 6.07 Å². The maximum Gasteiger partial charge on any atom is 0.0578 e. The lowest BCUT2D eigenvalue weighted by atomic mass is 9.82. The van der Waals surface area contributed by atoms with Crippen LogP contribution >= 0.6 is 0 Å². The monoisotopic (exact) mass is 835 g/mol. The number of fused-ring (bicyclic) bond motifs is 4. The molecule has 9 aromatic carbocycles. The first-order valence-corrected chi connectivity index (χ1v) is 22.5. The Labute approximate surface area is 382 Å². The van der Waals surface area contributed by atoms with Crippen molar-refractivity contribution in [2.24, 2.45) is 5.73 Å². The lowest BCUT2D eigenvalue weighted by Gasteiger charge is -2.32. The summed E-state index contributed by atoms with van der Waals surface area (Å²) < 4.78 is 0. The summed E-state index contributed by atoms with van der Waals surface area (Å²) in [6, 6.07) is 82.4. The second-order valence-electron chi connectivity index (χ2n) is 17.5. The van der Waals surface area contributed by atoms with Gasteiger partial charge in [-0.15, -0.1) is 0 Å². The molecule has 3 N–H and O–H groups in total. The Morgan fingerprint density at radius 1 is 0.462 bits per heavy atom. The zero-order valence-corrected chi connectivity index (χ0v) is 36.6. The maximum atomic E-state index is 7.46. The van der Waals surface area contributed by atoms with E-state index in [9.17, 15) is 0 Å². The van der Waals surface area contributed by atoms with Gasteiger partial charge in [-0.1, -0.05) is 214 Å². The zero-order valence-electron chi connectivity index (χ0n) is 36.6. The third kappa shape index (κ3) is 7.17. The number of para-hydroxylation sites is 1. The molecule has 0 saturated heterocycles. The molecule has 0 radical (unpaired) electrons. The first kappa shape index (κ1) is 39.8. The number of nitrogens with one attached hydrogen (secondary N) is 1. The van der Waals surface area contributed by atoms with E-state index in [0.717, 1.165) is 67.4 Å². The molecule has 1 aliphatic heterocycles. The molecule has 65 heavy (non-hydrogen) atoms. The highest BCUT2D eigenvalue weighted by molar-refractivity contribution is 6.04. The van der Waals surface area contributed by atoms with E-state index in [1.165, 1.54) is 38.9 Å². The molecular weight excluding hydrogens is 787 g/mol. The van der Waals surface area contributed by atoms with Crippen LogP contribution in [0.15, 0.2) is 231 Å². The number of benzene rings is 9. The normalized spacial score (nSPS) is 14.5. The molecule has 1 aliphatic carbocycles. The van der Waals surface area contributed by atoms with Gasteiger partial charge in [-0.3, -0.25) is 0 Å². The second-order valence-corrected chi connectivity index (χ2v) is 17.5. The Morgan fingerprint density at radius 2 is 1.00 bits per heavy atom. The van der Waals surface area contributed by atoms with E-state index < -0.39 is 6.04 Å². The van der Waals surface area contributed by atoms with Gasteiger partial charge >= 0.3 is 0 Å². The molecule has 0 aromatic heterocycles. The topological polar surface area (TPSA) is 41.3 Å². The molecule has 0 saturated carbocycles. The smallest absolute Gasteiger partial charge is 0.0578 e. The lowest BCUT2D eigenvalue weighted by Crippen LogP contribution is -2.23. The largest absolute Gasteiger partial charge is 0.354 e. The molecule has 0 amide bonds. The molecule has 0 fully saturated rings. The van der Waals surface area contributed by atoms with Crippen LogP contribution in [0, 0.1) is 0 Å². The Balaban J connectivity index is 1.18. The third-order valence-corrected chi connectivity index (χ3v) is 13.3. The minimum atomic E-state index is -0.417. The molecule has 3 heteroatoms. The number of rotatable bonds is 9. The lowest BCUT2D eigenvalue weighted by molar-refractivity contribution is 0.660. The van der Waals surface area contributed by atoms with Crippen LogP contribution in [-0.4, -0.2) is 0 Å². The molecule has 0 bridgehead atoms. The minimum Gasteiger partial charge on any atom is -0.354 e. The van der Waals surface area contributed by atoms with Gasteiger partial charge in [0.05, 0.1) is 17.4 Å². The fourth-order valence-corrected chi connectivity index (χ4v) is 10.1. The average Bonchev–Trinajstić information content (AvgIpc) is 3.60. The van der Waals surface area contributed by atoms with Crippen molar-refractivity contribution in [2.75, 3.05) is 4.90 Å². The van der Waals surface area contributed by atoms with Gasteiger partial charge in [0.15, 0.2) is 0 Å². The van der Waals surface area contributed by atoms with Crippen LogP contribution in [0.25, 0.3) is 56.4 Å². The quantitative estimate of drug-likeness (QED) is 0.152. The highest BCUT2D eigenvalue weighted by Gasteiger charge is 2.36. The second kappa shape index (κ2) is 16.6. The Morgan fingerprint density at radius 3 is 1.72 bits per heavy atom.